The van der Waals surface area contributed by atoms with Crippen LogP contribution in [0.25, 0.3) is 139 Å². The highest BCUT2D eigenvalue weighted by Crippen LogP contribution is 2.69. The number of nitrogens with zero attached hydrogens (tertiary/aromatic N) is 1. The molecule has 3 nitrogen and oxygen atoms in total. The van der Waals surface area contributed by atoms with Gasteiger partial charge in [0.1, 0.15) is 0 Å². The number of rotatable bonds is 10. The Kier molecular flexibility index (Phi) is 4.77. The molecule has 0 bridgehead atoms. The van der Waals surface area contributed by atoms with Crippen LogP contribution in [0, 0.1) is 5.92 Å². The number of thiophene rings is 2. The van der Waals surface area contributed by atoms with E-state index in [0.717, 1.165) is 45.4 Å². The van der Waals surface area contributed by atoms with Crippen LogP contribution in [0.5, 0.6) is 0 Å². The summed E-state index contributed by atoms with van der Waals surface area (Å²) in [6.07, 6.45) is 5.67. The Bertz CT molecular complexity index is 4380. The van der Waals surface area contributed by atoms with Gasteiger partial charge >= 0.3 is 0 Å². The fourth-order valence-corrected chi connectivity index (χ4v) is 18.5. The van der Waals surface area contributed by atoms with E-state index in [4.69, 9.17) is 9.47 Å². The fraction of sp³-hybridized carbons (Fsp3) is 0.250. The van der Waals surface area contributed by atoms with Crippen LogP contribution in [0.3, 0.4) is 0 Å². The van der Waals surface area contributed by atoms with Gasteiger partial charge in [0, 0.05) is 52.2 Å². The fourth-order valence-electron chi connectivity index (χ4n) is 16.6. The number of hydrogen-bond acceptors (Lipinski definition) is 5. The minimum absolute atomic E-state index is 0.0276. The molecule has 1 saturated heterocycles. The van der Waals surface area contributed by atoms with E-state index in [0.29, 0.717) is 25.2 Å². The van der Waals surface area contributed by atoms with Crippen LogP contribution in [0.4, 0.5) is 0 Å². The number of methoxy groups -OCH3 is 1. The lowest BCUT2D eigenvalue weighted by Gasteiger charge is -2.43. The third-order valence-electron chi connectivity index (χ3n) is 18.1. The minimum atomic E-state index is 0.0276. The van der Waals surface area contributed by atoms with E-state index in [1.54, 1.807) is 142 Å². The van der Waals surface area contributed by atoms with Crippen molar-refractivity contribution in [2.45, 2.75) is 43.6 Å². The maximum Gasteiger partial charge on any atom is 0.0700 e. The standard InChI is InChI=1S/C56H35NO2S2/c1-58-10-11-59-9-8-57-21-31-30-19-27-17-24-15-25-14-22-13-23-16-26-18-28-20-56(31,34(57)7-5-29-4-6-33(61-29)32-3-2-12-60-32)55-41(28)46-40(26)45-36(23)35(22)43-39(25)44-37(24)38(27)47-42(30)54(55)53-51(46)49(45)48(43)50(44)52(47)53/h2-4,6,12-16,18,31,34H,5,7-11,17,19-21H2,1H3. The molecule has 0 saturated carbocycles. The monoisotopic (exact) mass is 817 g/mol. The molecule has 14 aromatic rings. The van der Waals surface area contributed by atoms with Gasteiger partial charge in [-0.15, -0.1) is 22.7 Å². The van der Waals surface area contributed by atoms with E-state index >= 15 is 0 Å². The summed E-state index contributed by atoms with van der Waals surface area (Å²) in [5.41, 5.74) is 8.53. The molecule has 3 atom stereocenters. The number of benzene rings is 8. The average molecular weight is 818 g/mol. The summed E-state index contributed by atoms with van der Waals surface area (Å²) in [5.74, 6) is 0.484. The van der Waals surface area contributed by atoms with Gasteiger partial charge < -0.3 is 9.47 Å². The number of likely N-dealkylation sites (tertiary alicyclic amines) is 1. The number of ether oxygens (including phenoxy) is 2. The van der Waals surface area contributed by atoms with Gasteiger partial charge in [-0.1, -0.05) is 29.3 Å². The Labute approximate surface area is 356 Å². The second-order valence-corrected chi connectivity index (χ2v) is 22.2. The highest BCUT2D eigenvalue weighted by atomic mass is 32.1. The molecule has 12 aromatic carbocycles. The van der Waals surface area contributed by atoms with Crippen molar-refractivity contribution in [2.75, 3.05) is 40.0 Å². The Morgan fingerprint density at radius 2 is 1.33 bits per heavy atom. The molecule has 19 rings (SSSR count). The summed E-state index contributed by atoms with van der Waals surface area (Å²) in [5, 5.41) is 40.5. The molecule has 288 valence electrons. The molecule has 3 unspecified atom stereocenters. The van der Waals surface area contributed by atoms with Crippen LogP contribution in [0.15, 0.2) is 60.0 Å². The van der Waals surface area contributed by atoms with Gasteiger partial charge in [-0.05, 0) is 220 Å². The first-order valence-electron chi connectivity index (χ1n) is 22.7. The maximum absolute atomic E-state index is 6.34. The lowest BCUT2D eigenvalue weighted by Crippen LogP contribution is -2.48. The molecule has 1 fully saturated rings. The summed E-state index contributed by atoms with van der Waals surface area (Å²) in [7, 11) is 1.78. The molecular weight excluding hydrogens is 783 g/mol. The molecule has 5 aliphatic rings. The van der Waals surface area contributed by atoms with Crippen molar-refractivity contribution in [3.05, 3.63) is 92.0 Å². The molecule has 0 amide bonds. The third kappa shape index (κ3) is 2.90. The van der Waals surface area contributed by atoms with Crippen LogP contribution in [0.2, 0.25) is 0 Å². The molecule has 0 radical (unpaired) electrons. The SMILES string of the molecule is COCCOCCN1CC2C3=c4c5c6c7c(cc8cc9cc%10cc%11cc%12c%13c(c4c4c5c5c7c8c7c9c%10c8c%11c%13c4c8c75)=C(C3)C%12)CC62C1CCc1ccc(-c2cccs2)s1. The summed E-state index contributed by atoms with van der Waals surface area (Å²) in [6, 6.07) is 22.8. The molecule has 5 heteroatoms. The van der Waals surface area contributed by atoms with E-state index in [1.165, 1.54) is 42.6 Å². The van der Waals surface area contributed by atoms with E-state index < -0.39 is 0 Å². The highest BCUT2D eigenvalue weighted by molar-refractivity contribution is 7.21. The number of hydrogen-bond donors (Lipinski definition) is 0. The first-order chi connectivity index (χ1) is 30.2. The van der Waals surface area contributed by atoms with Crippen molar-refractivity contribution in [3.8, 4) is 9.75 Å². The number of aryl methyl sites for hydroxylation is 1. The highest BCUT2D eigenvalue weighted by Gasteiger charge is 2.61. The van der Waals surface area contributed by atoms with Gasteiger partial charge in [0.2, 0.25) is 0 Å². The summed E-state index contributed by atoms with van der Waals surface area (Å²) >= 11 is 3.88. The van der Waals surface area contributed by atoms with E-state index in [-0.39, 0.29) is 5.41 Å². The first kappa shape index (κ1) is 30.8. The van der Waals surface area contributed by atoms with Crippen LogP contribution >= 0.6 is 22.7 Å². The average Bonchev–Trinajstić information content (AvgIpc) is 4.12. The molecule has 3 heterocycles. The first-order valence-corrected chi connectivity index (χ1v) is 24.4. The van der Waals surface area contributed by atoms with Crippen molar-refractivity contribution >= 4 is 152 Å². The minimum Gasteiger partial charge on any atom is -0.382 e. The van der Waals surface area contributed by atoms with Gasteiger partial charge in [0.15, 0.2) is 0 Å². The predicted octanol–water partition coefficient (Wildman–Crippen LogP) is 11.8. The molecule has 1 spiro atoms. The van der Waals surface area contributed by atoms with Crippen molar-refractivity contribution in [1.82, 2.24) is 4.90 Å². The molecule has 1 aliphatic heterocycles. The summed E-state index contributed by atoms with van der Waals surface area (Å²) in [4.78, 5) is 7.28. The van der Waals surface area contributed by atoms with Crippen molar-refractivity contribution in [2.24, 2.45) is 5.92 Å². The van der Waals surface area contributed by atoms with Gasteiger partial charge in [-0.25, -0.2) is 0 Å². The van der Waals surface area contributed by atoms with Crippen LogP contribution in [-0.4, -0.2) is 51.0 Å². The topological polar surface area (TPSA) is 21.7 Å². The quantitative estimate of drug-likeness (QED) is 0.101. The Balaban J connectivity index is 0.975. The number of fused-ring (bicyclic) bond motifs is 1. The van der Waals surface area contributed by atoms with E-state index in [1.807, 2.05) is 22.7 Å². The van der Waals surface area contributed by atoms with Crippen LogP contribution in [0.1, 0.15) is 34.4 Å². The molecule has 4 aliphatic carbocycles. The van der Waals surface area contributed by atoms with E-state index in [2.05, 4.69) is 64.9 Å². The van der Waals surface area contributed by atoms with Gasteiger partial charge in [-0.2, -0.15) is 0 Å². The summed E-state index contributed by atoms with van der Waals surface area (Å²) < 4.78 is 11.8. The molecule has 0 N–H and O–H groups in total. The van der Waals surface area contributed by atoms with Crippen molar-refractivity contribution in [1.29, 1.82) is 0 Å². The molecular formula is C56H35NO2S2. The molecule has 2 aromatic heterocycles. The van der Waals surface area contributed by atoms with E-state index in [9.17, 15) is 0 Å². The lowest BCUT2D eigenvalue weighted by atomic mass is 9.60. The second kappa shape index (κ2) is 9.44. The Morgan fingerprint density at radius 1 is 0.639 bits per heavy atom. The maximum atomic E-state index is 6.34. The van der Waals surface area contributed by atoms with Gasteiger partial charge in [0.25, 0.3) is 0 Å². The largest absolute Gasteiger partial charge is 0.382 e. The summed E-state index contributed by atoms with van der Waals surface area (Å²) in [6.45, 7) is 4.14. The smallest absolute Gasteiger partial charge is 0.0700 e. The van der Waals surface area contributed by atoms with Crippen LogP contribution < -0.4 is 10.4 Å². The van der Waals surface area contributed by atoms with Gasteiger partial charge in [-0.3, -0.25) is 4.90 Å². The zero-order valence-corrected chi connectivity index (χ0v) is 35.2. The predicted molar refractivity (Wildman–Crippen MR) is 257 cm³/mol. The second-order valence-electron chi connectivity index (χ2n) is 20.1. The van der Waals surface area contributed by atoms with Crippen molar-refractivity contribution < 1.29 is 9.47 Å². The Hall–Kier alpha value is -5.14. The zero-order valence-electron chi connectivity index (χ0n) is 33.6. The van der Waals surface area contributed by atoms with Crippen LogP contribution in [-0.2, 0) is 34.2 Å². The van der Waals surface area contributed by atoms with Crippen molar-refractivity contribution in [3.63, 3.8) is 0 Å². The van der Waals surface area contributed by atoms with Gasteiger partial charge in [0.05, 0.1) is 19.8 Å². The zero-order chi connectivity index (χ0) is 38.7. The Morgan fingerprint density at radius 3 is 2.10 bits per heavy atom. The normalized spacial score (nSPS) is 22.4. The third-order valence-corrected chi connectivity index (χ3v) is 20.3. The lowest BCUT2D eigenvalue weighted by molar-refractivity contribution is 0.0518. The molecule has 61 heavy (non-hydrogen) atoms.